The van der Waals surface area contributed by atoms with Crippen molar-refractivity contribution in [1.82, 2.24) is 0 Å². The van der Waals surface area contributed by atoms with Crippen molar-refractivity contribution in [2.45, 2.75) is 60.3 Å². The minimum Gasteiger partial charge on any atom is -0.326 e. The molecule has 0 bridgehead atoms. The highest BCUT2D eigenvalue weighted by Crippen LogP contribution is 2.27. The molecule has 128 valence electrons. The first-order chi connectivity index (χ1) is 10.9. The lowest BCUT2D eigenvalue weighted by Crippen LogP contribution is -2.32. The Kier molecular flexibility index (Phi) is 7.27. The van der Waals surface area contributed by atoms with Gasteiger partial charge in [-0.1, -0.05) is 47.1 Å². The van der Waals surface area contributed by atoms with Gasteiger partial charge in [0.15, 0.2) is 0 Å². The standard InChI is InChI=1S/C19H30N2O2/c1-6-10-14(4)17(22)20-15-11-9-12-16(13-15)21-18(23)19(5,7-2)8-3/h9,11-14H,6-8,10H2,1-5H3,(H,20,22)(H,21,23). The lowest BCUT2D eigenvalue weighted by atomic mass is 9.84. The summed E-state index contributed by atoms with van der Waals surface area (Å²) in [5.41, 5.74) is 1.06. The zero-order valence-electron chi connectivity index (χ0n) is 15.0. The number of rotatable bonds is 8. The van der Waals surface area contributed by atoms with E-state index in [-0.39, 0.29) is 23.1 Å². The van der Waals surface area contributed by atoms with Crippen LogP contribution in [0.3, 0.4) is 0 Å². The van der Waals surface area contributed by atoms with E-state index in [0.717, 1.165) is 25.7 Å². The van der Waals surface area contributed by atoms with Crippen molar-refractivity contribution in [2.24, 2.45) is 11.3 Å². The van der Waals surface area contributed by atoms with Gasteiger partial charge in [0.1, 0.15) is 0 Å². The number of carbonyl (C=O) groups excluding carboxylic acids is 2. The molecule has 1 rings (SSSR count). The van der Waals surface area contributed by atoms with E-state index in [2.05, 4.69) is 17.6 Å². The Balaban J connectivity index is 2.77. The molecule has 1 aromatic rings. The monoisotopic (exact) mass is 318 g/mol. The fourth-order valence-electron chi connectivity index (χ4n) is 2.36. The van der Waals surface area contributed by atoms with Crippen LogP contribution in [-0.4, -0.2) is 11.8 Å². The summed E-state index contributed by atoms with van der Waals surface area (Å²) in [4.78, 5) is 24.5. The topological polar surface area (TPSA) is 58.2 Å². The van der Waals surface area contributed by atoms with Gasteiger partial charge in [0, 0.05) is 22.7 Å². The third-order valence-electron chi connectivity index (χ3n) is 4.67. The molecule has 0 fully saturated rings. The predicted molar refractivity (Wildman–Crippen MR) is 96.5 cm³/mol. The largest absolute Gasteiger partial charge is 0.326 e. The first kappa shape index (κ1) is 19.2. The van der Waals surface area contributed by atoms with Gasteiger partial charge in [-0.15, -0.1) is 0 Å². The molecular formula is C19H30N2O2. The molecule has 0 aliphatic carbocycles. The minimum atomic E-state index is -0.366. The highest BCUT2D eigenvalue weighted by molar-refractivity contribution is 5.97. The molecule has 1 aromatic carbocycles. The molecule has 0 spiro atoms. The first-order valence-electron chi connectivity index (χ1n) is 8.58. The van der Waals surface area contributed by atoms with E-state index in [1.165, 1.54) is 0 Å². The molecule has 23 heavy (non-hydrogen) atoms. The Morgan fingerprint density at radius 1 is 1.09 bits per heavy atom. The number of amides is 2. The molecule has 1 atom stereocenters. The number of nitrogens with one attached hydrogen (secondary N) is 2. The Labute approximate surface area is 140 Å². The quantitative estimate of drug-likeness (QED) is 0.721. The van der Waals surface area contributed by atoms with Crippen molar-refractivity contribution < 1.29 is 9.59 Å². The van der Waals surface area contributed by atoms with Crippen LogP contribution in [0, 0.1) is 11.3 Å². The Hall–Kier alpha value is -1.84. The van der Waals surface area contributed by atoms with Crippen LogP contribution in [0.2, 0.25) is 0 Å². The highest BCUT2D eigenvalue weighted by Gasteiger charge is 2.29. The van der Waals surface area contributed by atoms with Crippen LogP contribution in [-0.2, 0) is 9.59 Å². The fraction of sp³-hybridized carbons (Fsp3) is 0.579. The first-order valence-corrected chi connectivity index (χ1v) is 8.58. The van der Waals surface area contributed by atoms with Crippen LogP contribution in [0.25, 0.3) is 0 Å². The molecule has 2 amide bonds. The zero-order chi connectivity index (χ0) is 17.5. The molecule has 0 saturated heterocycles. The van der Waals surface area contributed by atoms with Gasteiger partial charge in [-0.2, -0.15) is 0 Å². The Bertz CT molecular complexity index is 536. The summed E-state index contributed by atoms with van der Waals surface area (Å²) in [6, 6.07) is 7.32. The van der Waals surface area contributed by atoms with E-state index in [1.54, 1.807) is 6.07 Å². The Morgan fingerprint density at radius 2 is 1.65 bits per heavy atom. The molecular weight excluding hydrogens is 288 g/mol. The second-order valence-electron chi connectivity index (χ2n) is 6.48. The summed E-state index contributed by atoms with van der Waals surface area (Å²) >= 11 is 0. The van der Waals surface area contributed by atoms with Gasteiger partial charge in [0.25, 0.3) is 0 Å². The van der Waals surface area contributed by atoms with Crippen molar-refractivity contribution in [3.63, 3.8) is 0 Å². The summed E-state index contributed by atoms with van der Waals surface area (Å²) in [6.45, 7) is 10.0. The van der Waals surface area contributed by atoms with Gasteiger partial charge in [0.05, 0.1) is 0 Å². The molecule has 1 unspecified atom stereocenters. The number of benzene rings is 1. The minimum absolute atomic E-state index is 0.0123. The molecule has 0 radical (unpaired) electrons. The lowest BCUT2D eigenvalue weighted by molar-refractivity contribution is -0.125. The average Bonchev–Trinajstić information content (AvgIpc) is 2.54. The SMILES string of the molecule is CCCC(C)C(=O)Nc1cccc(NC(=O)C(C)(CC)CC)c1. The smallest absolute Gasteiger partial charge is 0.230 e. The van der Waals surface area contributed by atoms with Crippen LogP contribution >= 0.6 is 0 Å². The van der Waals surface area contributed by atoms with Crippen LogP contribution in [0.1, 0.15) is 60.3 Å². The lowest BCUT2D eigenvalue weighted by Gasteiger charge is -2.25. The molecule has 0 aromatic heterocycles. The number of carbonyl (C=O) groups is 2. The van der Waals surface area contributed by atoms with E-state index in [4.69, 9.17) is 0 Å². The molecule has 0 heterocycles. The van der Waals surface area contributed by atoms with E-state index in [0.29, 0.717) is 11.4 Å². The maximum absolute atomic E-state index is 12.4. The second kappa shape index (κ2) is 8.70. The van der Waals surface area contributed by atoms with E-state index < -0.39 is 0 Å². The van der Waals surface area contributed by atoms with Gasteiger partial charge in [-0.3, -0.25) is 9.59 Å². The van der Waals surface area contributed by atoms with Crippen molar-refractivity contribution >= 4 is 23.2 Å². The number of anilines is 2. The molecule has 4 nitrogen and oxygen atoms in total. The van der Waals surface area contributed by atoms with Gasteiger partial charge in [-0.05, 0) is 37.5 Å². The van der Waals surface area contributed by atoms with Gasteiger partial charge < -0.3 is 10.6 Å². The average molecular weight is 318 g/mol. The van der Waals surface area contributed by atoms with E-state index >= 15 is 0 Å². The third-order valence-corrected chi connectivity index (χ3v) is 4.67. The summed E-state index contributed by atoms with van der Waals surface area (Å²) in [7, 11) is 0. The fourth-order valence-corrected chi connectivity index (χ4v) is 2.36. The van der Waals surface area contributed by atoms with E-state index in [9.17, 15) is 9.59 Å². The summed E-state index contributed by atoms with van der Waals surface area (Å²) in [5, 5.41) is 5.88. The van der Waals surface area contributed by atoms with Gasteiger partial charge in [-0.25, -0.2) is 0 Å². The molecule has 0 aliphatic rings. The predicted octanol–water partition coefficient (Wildman–Crippen LogP) is 4.83. The van der Waals surface area contributed by atoms with Crippen molar-refractivity contribution in [3.05, 3.63) is 24.3 Å². The maximum atomic E-state index is 12.4. The van der Waals surface area contributed by atoms with Gasteiger partial charge in [0.2, 0.25) is 11.8 Å². The summed E-state index contributed by atoms with van der Waals surface area (Å²) in [6.07, 6.45) is 3.44. The Morgan fingerprint density at radius 3 is 2.17 bits per heavy atom. The van der Waals surface area contributed by atoms with Crippen molar-refractivity contribution in [3.8, 4) is 0 Å². The zero-order valence-corrected chi connectivity index (χ0v) is 15.0. The van der Waals surface area contributed by atoms with Crippen LogP contribution in [0.4, 0.5) is 11.4 Å². The molecule has 0 aliphatic heterocycles. The summed E-state index contributed by atoms with van der Waals surface area (Å²) in [5.74, 6) is 0.0225. The second-order valence-corrected chi connectivity index (χ2v) is 6.48. The highest BCUT2D eigenvalue weighted by atomic mass is 16.2. The van der Waals surface area contributed by atoms with Crippen molar-refractivity contribution in [2.75, 3.05) is 10.6 Å². The van der Waals surface area contributed by atoms with E-state index in [1.807, 2.05) is 45.9 Å². The van der Waals surface area contributed by atoms with Crippen LogP contribution in [0.15, 0.2) is 24.3 Å². The van der Waals surface area contributed by atoms with Crippen LogP contribution < -0.4 is 10.6 Å². The maximum Gasteiger partial charge on any atom is 0.230 e. The number of hydrogen-bond donors (Lipinski definition) is 2. The van der Waals surface area contributed by atoms with Crippen LogP contribution in [0.5, 0.6) is 0 Å². The number of hydrogen-bond acceptors (Lipinski definition) is 2. The van der Waals surface area contributed by atoms with Crippen molar-refractivity contribution in [1.29, 1.82) is 0 Å². The molecule has 4 heteroatoms. The normalized spacial score (nSPS) is 12.6. The summed E-state index contributed by atoms with van der Waals surface area (Å²) < 4.78 is 0. The molecule has 2 N–H and O–H groups in total. The third kappa shape index (κ3) is 5.38. The van der Waals surface area contributed by atoms with Gasteiger partial charge >= 0.3 is 0 Å². The molecule has 0 saturated carbocycles.